The number of benzene rings is 1. The third-order valence-electron chi connectivity index (χ3n) is 4.68. The summed E-state index contributed by atoms with van der Waals surface area (Å²) in [6.45, 7) is 4.52. The number of nitrogens with zero attached hydrogens (tertiary/aromatic N) is 1. The monoisotopic (exact) mass is 333 g/mol. The van der Waals surface area contributed by atoms with Crippen LogP contribution in [-0.4, -0.2) is 48.4 Å². The van der Waals surface area contributed by atoms with Gasteiger partial charge < -0.3 is 14.2 Å². The van der Waals surface area contributed by atoms with Crippen molar-refractivity contribution in [2.75, 3.05) is 13.7 Å². The molecule has 0 aliphatic carbocycles. The summed E-state index contributed by atoms with van der Waals surface area (Å²) in [6.07, 6.45) is 0.0401. The van der Waals surface area contributed by atoms with E-state index in [4.69, 9.17) is 14.2 Å². The molecule has 0 bridgehead atoms. The summed E-state index contributed by atoms with van der Waals surface area (Å²) < 4.78 is 16.3. The number of esters is 1. The standard InChI is InChI=1S/C18H23NO5/c1-18(2)9-13-14(24-18)10-19(15(13)16(20)22-3)17(21)23-11-12-7-5-4-6-8-12/h4-8,13-15H,9-11H2,1-3H3/t13?,14-,15?/m0/s1. The van der Waals surface area contributed by atoms with Gasteiger partial charge in [0.05, 0.1) is 25.4 Å². The quantitative estimate of drug-likeness (QED) is 0.795. The highest BCUT2D eigenvalue weighted by Crippen LogP contribution is 2.43. The van der Waals surface area contributed by atoms with E-state index in [0.29, 0.717) is 13.0 Å². The lowest BCUT2D eigenvalue weighted by molar-refractivity contribution is -0.146. The summed E-state index contributed by atoms with van der Waals surface area (Å²) in [4.78, 5) is 26.2. The highest BCUT2D eigenvalue weighted by atomic mass is 16.6. The van der Waals surface area contributed by atoms with Crippen molar-refractivity contribution in [3.8, 4) is 0 Å². The Morgan fingerprint density at radius 3 is 2.67 bits per heavy atom. The van der Waals surface area contributed by atoms with Crippen molar-refractivity contribution in [1.29, 1.82) is 0 Å². The first-order valence-corrected chi connectivity index (χ1v) is 8.14. The maximum Gasteiger partial charge on any atom is 0.410 e. The van der Waals surface area contributed by atoms with Crippen molar-refractivity contribution in [3.63, 3.8) is 0 Å². The Labute approximate surface area is 141 Å². The second-order valence-corrected chi connectivity index (χ2v) is 6.94. The van der Waals surface area contributed by atoms with Crippen LogP contribution in [0.25, 0.3) is 0 Å². The zero-order valence-electron chi connectivity index (χ0n) is 14.2. The summed E-state index contributed by atoms with van der Waals surface area (Å²) in [6, 6.07) is 8.79. The number of methoxy groups -OCH3 is 1. The normalized spacial score (nSPS) is 27.6. The number of fused-ring (bicyclic) bond motifs is 1. The van der Waals surface area contributed by atoms with Gasteiger partial charge in [-0.05, 0) is 25.8 Å². The Hall–Kier alpha value is -2.08. The van der Waals surface area contributed by atoms with Crippen molar-refractivity contribution in [1.82, 2.24) is 4.90 Å². The van der Waals surface area contributed by atoms with Gasteiger partial charge in [0.25, 0.3) is 0 Å². The van der Waals surface area contributed by atoms with Crippen molar-refractivity contribution in [2.24, 2.45) is 5.92 Å². The number of hydrogen-bond acceptors (Lipinski definition) is 5. The van der Waals surface area contributed by atoms with Crippen LogP contribution in [-0.2, 0) is 25.6 Å². The van der Waals surface area contributed by atoms with E-state index in [-0.39, 0.29) is 24.2 Å². The van der Waals surface area contributed by atoms with E-state index in [0.717, 1.165) is 5.56 Å². The number of hydrogen-bond donors (Lipinski definition) is 0. The second kappa shape index (κ2) is 6.43. The van der Waals surface area contributed by atoms with Crippen LogP contribution in [0.1, 0.15) is 25.8 Å². The van der Waals surface area contributed by atoms with E-state index in [1.807, 2.05) is 44.2 Å². The van der Waals surface area contributed by atoms with E-state index < -0.39 is 18.1 Å². The minimum atomic E-state index is -0.648. The van der Waals surface area contributed by atoms with Gasteiger partial charge in [-0.3, -0.25) is 4.90 Å². The van der Waals surface area contributed by atoms with Crippen molar-refractivity contribution < 1.29 is 23.8 Å². The molecule has 6 nitrogen and oxygen atoms in total. The molecule has 2 fully saturated rings. The van der Waals surface area contributed by atoms with Gasteiger partial charge in [0.15, 0.2) is 0 Å². The van der Waals surface area contributed by atoms with Gasteiger partial charge in [-0.1, -0.05) is 30.3 Å². The third kappa shape index (κ3) is 3.24. The number of rotatable bonds is 3. The summed E-state index contributed by atoms with van der Waals surface area (Å²) in [5.74, 6) is -0.475. The molecule has 0 radical (unpaired) electrons. The summed E-state index contributed by atoms with van der Waals surface area (Å²) >= 11 is 0. The maximum atomic E-state index is 12.5. The topological polar surface area (TPSA) is 65.1 Å². The molecule has 2 aliphatic heterocycles. The average Bonchev–Trinajstić information content (AvgIpc) is 3.04. The molecule has 2 aliphatic rings. The predicted molar refractivity (Wildman–Crippen MR) is 86.2 cm³/mol. The Morgan fingerprint density at radius 1 is 1.29 bits per heavy atom. The smallest absolute Gasteiger partial charge is 0.410 e. The lowest BCUT2D eigenvalue weighted by Gasteiger charge is -2.27. The van der Waals surface area contributed by atoms with E-state index in [1.165, 1.54) is 12.0 Å². The van der Waals surface area contributed by atoms with Gasteiger partial charge in [-0.2, -0.15) is 0 Å². The molecule has 6 heteroatoms. The van der Waals surface area contributed by atoms with Crippen molar-refractivity contribution in [2.45, 2.75) is 44.6 Å². The first-order valence-electron chi connectivity index (χ1n) is 8.14. The molecule has 0 spiro atoms. The molecule has 2 heterocycles. The second-order valence-electron chi connectivity index (χ2n) is 6.94. The van der Waals surface area contributed by atoms with Crippen LogP contribution < -0.4 is 0 Å². The highest BCUT2D eigenvalue weighted by molar-refractivity contribution is 5.82. The predicted octanol–water partition coefficient (Wildman–Crippen LogP) is 2.36. The molecule has 3 rings (SSSR count). The molecule has 0 aromatic heterocycles. The molecule has 24 heavy (non-hydrogen) atoms. The van der Waals surface area contributed by atoms with Gasteiger partial charge >= 0.3 is 12.1 Å². The SMILES string of the molecule is COC(=O)C1C2CC(C)(C)O[C@H]2CN1C(=O)OCc1ccccc1. The highest BCUT2D eigenvalue weighted by Gasteiger charge is 2.56. The van der Waals surface area contributed by atoms with Crippen LogP contribution in [0.3, 0.4) is 0 Å². The van der Waals surface area contributed by atoms with Crippen LogP contribution in [0.2, 0.25) is 0 Å². The van der Waals surface area contributed by atoms with E-state index >= 15 is 0 Å². The number of amides is 1. The lowest BCUT2D eigenvalue weighted by atomic mass is 9.90. The molecule has 1 aromatic carbocycles. The van der Waals surface area contributed by atoms with Crippen LogP contribution >= 0.6 is 0 Å². The molecule has 1 amide bonds. The maximum absolute atomic E-state index is 12.5. The van der Waals surface area contributed by atoms with Gasteiger partial charge in [0.2, 0.25) is 0 Å². The Kier molecular flexibility index (Phi) is 4.49. The number of likely N-dealkylation sites (tertiary alicyclic amines) is 1. The van der Waals surface area contributed by atoms with E-state index in [2.05, 4.69) is 0 Å². The van der Waals surface area contributed by atoms with Gasteiger partial charge in [0.1, 0.15) is 12.6 Å². The molecule has 2 saturated heterocycles. The molecular formula is C18H23NO5. The largest absolute Gasteiger partial charge is 0.467 e. The lowest BCUT2D eigenvalue weighted by Crippen LogP contribution is -2.45. The van der Waals surface area contributed by atoms with E-state index in [1.54, 1.807) is 0 Å². The summed E-state index contributed by atoms with van der Waals surface area (Å²) in [5, 5.41) is 0. The zero-order chi connectivity index (χ0) is 17.3. The molecule has 0 N–H and O–H groups in total. The Bertz CT molecular complexity index is 615. The molecule has 1 aromatic rings. The first kappa shape index (κ1) is 16.8. The van der Waals surface area contributed by atoms with Crippen LogP contribution in [0, 0.1) is 5.92 Å². The van der Waals surface area contributed by atoms with Gasteiger partial charge in [-0.25, -0.2) is 9.59 Å². The van der Waals surface area contributed by atoms with E-state index in [9.17, 15) is 9.59 Å². The third-order valence-corrected chi connectivity index (χ3v) is 4.68. The molecule has 2 unspecified atom stereocenters. The van der Waals surface area contributed by atoms with Crippen molar-refractivity contribution in [3.05, 3.63) is 35.9 Å². The van der Waals surface area contributed by atoms with Crippen LogP contribution in [0.15, 0.2) is 30.3 Å². The summed E-state index contributed by atoms with van der Waals surface area (Å²) in [7, 11) is 1.34. The Balaban J connectivity index is 1.70. The number of ether oxygens (including phenoxy) is 3. The number of carbonyl (C=O) groups is 2. The fraction of sp³-hybridized carbons (Fsp3) is 0.556. The molecule has 130 valence electrons. The minimum Gasteiger partial charge on any atom is -0.467 e. The minimum absolute atomic E-state index is 0.0586. The summed E-state index contributed by atoms with van der Waals surface area (Å²) in [5.41, 5.74) is 0.610. The van der Waals surface area contributed by atoms with Crippen LogP contribution in [0.5, 0.6) is 0 Å². The number of carbonyl (C=O) groups excluding carboxylic acids is 2. The fourth-order valence-electron chi connectivity index (χ4n) is 3.68. The Morgan fingerprint density at radius 2 is 2.00 bits per heavy atom. The molecular weight excluding hydrogens is 310 g/mol. The van der Waals surface area contributed by atoms with Crippen molar-refractivity contribution >= 4 is 12.1 Å². The molecule has 0 saturated carbocycles. The van der Waals surface area contributed by atoms with Gasteiger partial charge in [0, 0.05) is 5.92 Å². The fourth-order valence-corrected chi connectivity index (χ4v) is 3.68. The first-order chi connectivity index (χ1) is 11.4. The average molecular weight is 333 g/mol. The van der Waals surface area contributed by atoms with Gasteiger partial charge in [-0.15, -0.1) is 0 Å². The molecule has 3 atom stereocenters. The zero-order valence-corrected chi connectivity index (χ0v) is 14.2. The van der Waals surface area contributed by atoms with Crippen LogP contribution in [0.4, 0.5) is 4.79 Å².